The van der Waals surface area contributed by atoms with Gasteiger partial charge in [0.25, 0.3) is 11.8 Å². The monoisotopic (exact) mass is 308 g/mol. The Morgan fingerprint density at radius 3 is 2.52 bits per heavy atom. The van der Waals surface area contributed by atoms with Crippen molar-refractivity contribution in [1.82, 2.24) is 20.8 Å². The summed E-state index contributed by atoms with van der Waals surface area (Å²) in [6, 6.07) is 10.3. The van der Waals surface area contributed by atoms with Crippen LogP contribution < -0.4 is 10.9 Å². The Hall–Kier alpha value is -3.48. The van der Waals surface area contributed by atoms with Crippen molar-refractivity contribution in [1.29, 1.82) is 0 Å². The maximum Gasteiger partial charge on any atom is 0.289 e. The number of nitrogens with zero attached hydrogens (tertiary/aromatic N) is 2. The summed E-state index contributed by atoms with van der Waals surface area (Å²) in [5.41, 5.74) is 4.58. The van der Waals surface area contributed by atoms with Gasteiger partial charge in [-0.2, -0.15) is 0 Å². The number of hydrazine groups is 1. The Kier molecular flexibility index (Phi) is 3.84. The molecule has 1 aromatic heterocycles. The van der Waals surface area contributed by atoms with Gasteiger partial charge in [-0.1, -0.05) is 30.3 Å². The third-order valence-corrected chi connectivity index (χ3v) is 3.23. The molecule has 3 rings (SSSR count). The number of carbonyl (C=O) groups is 2. The van der Waals surface area contributed by atoms with Crippen LogP contribution in [0.1, 0.15) is 20.8 Å². The predicted octanol–water partition coefficient (Wildman–Crippen LogP) is 1.41. The Morgan fingerprint density at radius 1 is 0.957 bits per heavy atom. The van der Waals surface area contributed by atoms with E-state index in [4.69, 9.17) is 0 Å². The van der Waals surface area contributed by atoms with Crippen molar-refractivity contribution in [3.63, 3.8) is 0 Å². The number of phenolic OH excluding ortho intramolecular Hbond substituents is 1. The minimum atomic E-state index is -0.634. The second-order valence-corrected chi connectivity index (χ2v) is 4.68. The molecule has 0 bridgehead atoms. The fourth-order valence-corrected chi connectivity index (χ4v) is 2.10. The lowest BCUT2D eigenvalue weighted by Crippen LogP contribution is -2.42. The zero-order valence-electron chi connectivity index (χ0n) is 11.9. The summed E-state index contributed by atoms with van der Waals surface area (Å²) in [6.07, 6.45) is 4.07. The number of hydrogen-bond donors (Lipinski definition) is 3. The number of aromatic hydroxyl groups is 1. The van der Waals surface area contributed by atoms with Crippen molar-refractivity contribution in [3.05, 3.63) is 66.2 Å². The van der Waals surface area contributed by atoms with Crippen LogP contribution in [0.3, 0.4) is 0 Å². The van der Waals surface area contributed by atoms with Crippen molar-refractivity contribution in [3.8, 4) is 5.75 Å². The molecule has 7 heteroatoms. The summed E-state index contributed by atoms with van der Waals surface area (Å²) in [7, 11) is 0. The first kappa shape index (κ1) is 14.5. The smallest absolute Gasteiger partial charge is 0.289 e. The molecule has 0 unspecified atom stereocenters. The highest BCUT2D eigenvalue weighted by molar-refractivity contribution is 6.04. The Morgan fingerprint density at radius 2 is 1.74 bits per heavy atom. The highest BCUT2D eigenvalue weighted by atomic mass is 16.3. The molecule has 7 nitrogen and oxygen atoms in total. The fraction of sp³-hybridized carbons (Fsp3) is 0. The molecule has 114 valence electrons. The highest BCUT2D eigenvalue weighted by Crippen LogP contribution is 2.28. The van der Waals surface area contributed by atoms with Crippen molar-refractivity contribution < 1.29 is 14.7 Å². The third-order valence-electron chi connectivity index (χ3n) is 3.23. The molecule has 0 aliphatic carbocycles. The average molecular weight is 308 g/mol. The van der Waals surface area contributed by atoms with E-state index < -0.39 is 11.8 Å². The van der Waals surface area contributed by atoms with Gasteiger partial charge in [0, 0.05) is 17.8 Å². The van der Waals surface area contributed by atoms with E-state index in [0.717, 1.165) is 5.39 Å². The van der Waals surface area contributed by atoms with Crippen LogP contribution in [0.2, 0.25) is 0 Å². The molecule has 3 aromatic rings. The van der Waals surface area contributed by atoms with Gasteiger partial charge < -0.3 is 5.11 Å². The van der Waals surface area contributed by atoms with Gasteiger partial charge in [-0.25, -0.2) is 4.98 Å². The van der Waals surface area contributed by atoms with Crippen LogP contribution in [0.25, 0.3) is 10.8 Å². The Labute approximate surface area is 131 Å². The minimum Gasteiger partial charge on any atom is -0.506 e. The summed E-state index contributed by atoms with van der Waals surface area (Å²) >= 11 is 0. The molecular formula is C16H12N4O3. The second-order valence-electron chi connectivity index (χ2n) is 4.68. The van der Waals surface area contributed by atoms with Crippen LogP contribution in [-0.2, 0) is 0 Å². The lowest BCUT2D eigenvalue weighted by atomic mass is 10.1. The zero-order chi connectivity index (χ0) is 16.2. The molecular weight excluding hydrogens is 296 g/mol. The number of aromatic nitrogens is 2. The lowest BCUT2D eigenvalue weighted by Gasteiger charge is -2.09. The van der Waals surface area contributed by atoms with E-state index in [0.29, 0.717) is 5.39 Å². The predicted molar refractivity (Wildman–Crippen MR) is 82.6 cm³/mol. The van der Waals surface area contributed by atoms with Crippen molar-refractivity contribution >= 4 is 22.6 Å². The van der Waals surface area contributed by atoms with Gasteiger partial charge in [-0.15, -0.1) is 0 Å². The number of hydrogen-bond acceptors (Lipinski definition) is 5. The van der Waals surface area contributed by atoms with Gasteiger partial charge in [-0.3, -0.25) is 25.4 Å². The van der Waals surface area contributed by atoms with Gasteiger partial charge in [0.2, 0.25) is 0 Å². The molecule has 0 spiro atoms. The van der Waals surface area contributed by atoms with Crippen LogP contribution in [0.4, 0.5) is 0 Å². The second kappa shape index (κ2) is 6.10. The summed E-state index contributed by atoms with van der Waals surface area (Å²) in [5, 5.41) is 11.6. The van der Waals surface area contributed by atoms with E-state index in [9.17, 15) is 14.7 Å². The van der Waals surface area contributed by atoms with Crippen LogP contribution in [-0.4, -0.2) is 26.9 Å². The fourth-order valence-electron chi connectivity index (χ4n) is 2.10. The number of carbonyl (C=O) groups excluding carboxylic acids is 2. The maximum atomic E-state index is 12.1. The molecule has 0 saturated heterocycles. The molecule has 1 heterocycles. The van der Waals surface area contributed by atoms with Crippen LogP contribution in [0.15, 0.2) is 55.0 Å². The minimum absolute atomic E-state index is 0.0585. The van der Waals surface area contributed by atoms with Gasteiger partial charge in [0.1, 0.15) is 11.4 Å². The highest BCUT2D eigenvalue weighted by Gasteiger charge is 2.15. The van der Waals surface area contributed by atoms with Gasteiger partial charge in [0.05, 0.1) is 11.8 Å². The van der Waals surface area contributed by atoms with Crippen molar-refractivity contribution in [2.24, 2.45) is 0 Å². The van der Waals surface area contributed by atoms with Gasteiger partial charge >= 0.3 is 0 Å². The summed E-state index contributed by atoms with van der Waals surface area (Å²) in [6.45, 7) is 0. The number of nitrogens with one attached hydrogen (secondary N) is 2. The number of benzene rings is 2. The first-order valence-corrected chi connectivity index (χ1v) is 6.74. The Balaban J connectivity index is 1.76. The Bertz CT molecular complexity index is 881. The molecule has 0 aliphatic rings. The third kappa shape index (κ3) is 2.93. The van der Waals surface area contributed by atoms with Gasteiger partial charge in [0.15, 0.2) is 0 Å². The molecule has 0 aliphatic heterocycles. The molecule has 0 saturated carbocycles. The first-order chi connectivity index (χ1) is 11.2. The van der Waals surface area contributed by atoms with E-state index in [1.807, 2.05) is 12.1 Å². The van der Waals surface area contributed by atoms with Crippen LogP contribution in [0, 0.1) is 0 Å². The molecule has 2 amide bonds. The maximum absolute atomic E-state index is 12.1. The summed E-state index contributed by atoms with van der Waals surface area (Å²) < 4.78 is 0. The number of phenols is 1. The topological polar surface area (TPSA) is 104 Å². The number of fused-ring (bicyclic) bond motifs is 1. The van der Waals surface area contributed by atoms with E-state index in [1.165, 1.54) is 24.7 Å². The quantitative estimate of drug-likeness (QED) is 0.621. The van der Waals surface area contributed by atoms with E-state index in [-0.39, 0.29) is 17.0 Å². The van der Waals surface area contributed by atoms with E-state index >= 15 is 0 Å². The van der Waals surface area contributed by atoms with E-state index in [2.05, 4.69) is 20.8 Å². The zero-order valence-corrected chi connectivity index (χ0v) is 11.9. The molecule has 23 heavy (non-hydrogen) atoms. The van der Waals surface area contributed by atoms with E-state index in [1.54, 1.807) is 18.2 Å². The normalized spacial score (nSPS) is 10.3. The molecule has 0 fully saturated rings. The van der Waals surface area contributed by atoms with Crippen molar-refractivity contribution in [2.45, 2.75) is 0 Å². The van der Waals surface area contributed by atoms with Crippen molar-refractivity contribution in [2.75, 3.05) is 0 Å². The van der Waals surface area contributed by atoms with Crippen LogP contribution in [0.5, 0.6) is 5.75 Å². The molecule has 0 atom stereocenters. The SMILES string of the molecule is O=C(NNC(=O)c1ccc2ccccc2c1O)c1cnccn1. The van der Waals surface area contributed by atoms with Crippen LogP contribution >= 0.6 is 0 Å². The lowest BCUT2D eigenvalue weighted by molar-refractivity contribution is 0.0842. The largest absolute Gasteiger partial charge is 0.506 e. The molecule has 2 aromatic carbocycles. The average Bonchev–Trinajstić information content (AvgIpc) is 2.60. The summed E-state index contributed by atoms with van der Waals surface area (Å²) in [5.74, 6) is -1.38. The van der Waals surface area contributed by atoms with Gasteiger partial charge in [-0.05, 0) is 11.5 Å². The first-order valence-electron chi connectivity index (χ1n) is 6.74. The molecule has 3 N–H and O–H groups in total. The summed E-state index contributed by atoms with van der Waals surface area (Å²) in [4.78, 5) is 31.5. The standard InChI is InChI=1S/C16H12N4O3/c21-14-11-4-2-1-3-10(11)5-6-12(14)15(22)19-20-16(23)13-9-17-7-8-18-13/h1-9,21H,(H,19,22)(H,20,23). The number of rotatable bonds is 2. The molecule has 0 radical (unpaired) electrons. The number of amides is 2.